The van der Waals surface area contributed by atoms with Crippen LogP contribution in [0.25, 0.3) is 0 Å². The molecule has 16 heavy (non-hydrogen) atoms. The van der Waals surface area contributed by atoms with Gasteiger partial charge in [-0.15, -0.1) is 0 Å². The molecular weight excluding hydrogens is 204 g/mol. The Morgan fingerprint density at radius 3 is 2.94 bits per heavy atom. The van der Waals surface area contributed by atoms with E-state index in [9.17, 15) is 4.79 Å². The van der Waals surface area contributed by atoms with Crippen molar-refractivity contribution in [2.45, 2.75) is 13.5 Å². The summed E-state index contributed by atoms with van der Waals surface area (Å²) < 4.78 is 5.04. The van der Waals surface area contributed by atoms with Gasteiger partial charge in [-0.2, -0.15) is 0 Å². The van der Waals surface area contributed by atoms with Crippen LogP contribution in [0.1, 0.15) is 12.5 Å². The number of anilines is 1. The Morgan fingerprint density at radius 2 is 2.25 bits per heavy atom. The first kappa shape index (κ1) is 12.5. The van der Waals surface area contributed by atoms with Crippen molar-refractivity contribution in [2.24, 2.45) is 0 Å². The summed E-state index contributed by atoms with van der Waals surface area (Å²) in [5.74, 6) is -0.000329. The molecule has 0 bridgehead atoms. The fourth-order valence-corrected chi connectivity index (χ4v) is 1.38. The molecule has 1 rings (SSSR count). The molecule has 0 saturated carbocycles. The van der Waals surface area contributed by atoms with E-state index in [1.165, 1.54) is 0 Å². The molecule has 0 saturated heterocycles. The summed E-state index contributed by atoms with van der Waals surface area (Å²) in [4.78, 5) is 11.2. The largest absolute Gasteiger partial charge is 0.380 e. The lowest BCUT2D eigenvalue weighted by Gasteiger charge is -2.07. The molecule has 4 heteroatoms. The number of hydrogen-bond acceptors (Lipinski definition) is 3. The van der Waals surface area contributed by atoms with Crippen LogP contribution in [0.2, 0.25) is 0 Å². The maximum absolute atomic E-state index is 11.2. The third-order valence-corrected chi connectivity index (χ3v) is 2.07. The zero-order valence-electron chi connectivity index (χ0n) is 9.75. The number of nitrogens with one attached hydrogen (secondary N) is 2. The maximum Gasteiger partial charge on any atom is 0.239 e. The Labute approximate surface area is 96.0 Å². The van der Waals surface area contributed by atoms with E-state index < -0.39 is 0 Å². The lowest BCUT2D eigenvalue weighted by atomic mass is 10.2. The summed E-state index contributed by atoms with van der Waals surface area (Å²) in [5.41, 5.74) is 2.02. The second-order valence-electron chi connectivity index (χ2n) is 3.44. The van der Waals surface area contributed by atoms with Gasteiger partial charge in [0.15, 0.2) is 0 Å². The van der Waals surface area contributed by atoms with Crippen LogP contribution in [0.15, 0.2) is 24.3 Å². The Kier molecular flexibility index (Phi) is 5.36. The molecule has 1 amide bonds. The van der Waals surface area contributed by atoms with E-state index in [2.05, 4.69) is 10.6 Å². The number of carbonyl (C=O) groups excluding carboxylic acids is 1. The van der Waals surface area contributed by atoms with E-state index in [0.29, 0.717) is 19.7 Å². The second kappa shape index (κ2) is 6.85. The van der Waals surface area contributed by atoms with E-state index in [1.54, 1.807) is 7.11 Å². The number of amides is 1. The quantitative estimate of drug-likeness (QED) is 0.764. The standard InChI is InChI=1S/C12H18N2O2/c1-3-13-12(15)8-14-11-6-4-5-10(7-11)9-16-2/h4-7,14H,3,8-9H2,1-2H3,(H,13,15). The molecule has 1 aromatic rings. The van der Waals surface area contributed by atoms with Crippen molar-refractivity contribution in [2.75, 3.05) is 25.5 Å². The first-order valence-electron chi connectivity index (χ1n) is 5.34. The predicted octanol–water partition coefficient (Wildman–Crippen LogP) is 1.38. The average Bonchev–Trinajstić information content (AvgIpc) is 2.28. The normalized spacial score (nSPS) is 9.88. The van der Waals surface area contributed by atoms with Gasteiger partial charge in [0.2, 0.25) is 5.91 Å². The second-order valence-corrected chi connectivity index (χ2v) is 3.44. The minimum Gasteiger partial charge on any atom is -0.380 e. The highest BCUT2D eigenvalue weighted by molar-refractivity contribution is 5.80. The Bertz CT molecular complexity index is 340. The molecule has 0 aliphatic rings. The molecule has 88 valence electrons. The molecule has 0 radical (unpaired) electrons. The molecular formula is C12H18N2O2. The number of hydrogen-bond donors (Lipinski definition) is 2. The highest BCUT2D eigenvalue weighted by Gasteiger charge is 1.99. The van der Waals surface area contributed by atoms with Gasteiger partial charge in [-0.1, -0.05) is 12.1 Å². The molecule has 0 atom stereocenters. The van der Waals surface area contributed by atoms with Gasteiger partial charge in [-0.3, -0.25) is 4.79 Å². The third-order valence-electron chi connectivity index (χ3n) is 2.07. The minimum absolute atomic E-state index is 0.000329. The molecule has 1 aromatic carbocycles. The fraction of sp³-hybridized carbons (Fsp3) is 0.417. The van der Waals surface area contributed by atoms with Gasteiger partial charge in [-0.05, 0) is 24.6 Å². The molecule has 0 spiro atoms. The van der Waals surface area contributed by atoms with Gasteiger partial charge < -0.3 is 15.4 Å². The number of rotatable bonds is 6. The van der Waals surface area contributed by atoms with Crippen LogP contribution in [0.3, 0.4) is 0 Å². The average molecular weight is 222 g/mol. The topological polar surface area (TPSA) is 50.4 Å². The van der Waals surface area contributed by atoms with E-state index in [4.69, 9.17) is 4.74 Å². The number of likely N-dealkylation sites (N-methyl/N-ethyl adjacent to an activating group) is 1. The fourth-order valence-electron chi connectivity index (χ4n) is 1.38. The highest BCUT2D eigenvalue weighted by Crippen LogP contribution is 2.10. The Hall–Kier alpha value is -1.55. The summed E-state index contributed by atoms with van der Waals surface area (Å²) >= 11 is 0. The summed E-state index contributed by atoms with van der Waals surface area (Å²) in [5, 5.41) is 5.79. The zero-order chi connectivity index (χ0) is 11.8. The molecule has 0 aliphatic carbocycles. The van der Waals surface area contributed by atoms with Crippen molar-refractivity contribution in [1.29, 1.82) is 0 Å². The monoisotopic (exact) mass is 222 g/mol. The number of carbonyl (C=O) groups is 1. The molecule has 0 heterocycles. The van der Waals surface area contributed by atoms with Gasteiger partial charge in [0.05, 0.1) is 13.2 Å². The first-order chi connectivity index (χ1) is 7.76. The molecule has 2 N–H and O–H groups in total. The van der Waals surface area contributed by atoms with Crippen LogP contribution in [-0.2, 0) is 16.1 Å². The van der Waals surface area contributed by atoms with Gasteiger partial charge >= 0.3 is 0 Å². The van der Waals surface area contributed by atoms with Crippen molar-refractivity contribution in [1.82, 2.24) is 5.32 Å². The van der Waals surface area contributed by atoms with Crippen LogP contribution in [0.5, 0.6) is 0 Å². The number of benzene rings is 1. The third kappa shape index (κ3) is 4.31. The van der Waals surface area contributed by atoms with Gasteiger partial charge in [0.25, 0.3) is 0 Å². The Balaban J connectivity index is 2.47. The zero-order valence-corrected chi connectivity index (χ0v) is 9.75. The van der Waals surface area contributed by atoms with E-state index in [0.717, 1.165) is 11.3 Å². The van der Waals surface area contributed by atoms with Gasteiger partial charge in [0.1, 0.15) is 0 Å². The van der Waals surface area contributed by atoms with Crippen LogP contribution in [-0.4, -0.2) is 26.1 Å². The first-order valence-corrected chi connectivity index (χ1v) is 5.34. The molecule has 4 nitrogen and oxygen atoms in total. The Morgan fingerprint density at radius 1 is 1.44 bits per heavy atom. The van der Waals surface area contributed by atoms with Crippen LogP contribution >= 0.6 is 0 Å². The van der Waals surface area contributed by atoms with Crippen molar-refractivity contribution >= 4 is 11.6 Å². The van der Waals surface area contributed by atoms with Crippen LogP contribution < -0.4 is 10.6 Å². The SMILES string of the molecule is CCNC(=O)CNc1cccc(COC)c1. The lowest BCUT2D eigenvalue weighted by Crippen LogP contribution is -2.29. The van der Waals surface area contributed by atoms with E-state index >= 15 is 0 Å². The van der Waals surface area contributed by atoms with E-state index in [-0.39, 0.29) is 5.91 Å². The minimum atomic E-state index is -0.000329. The van der Waals surface area contributed by atoms with Crippen molar-refractivity contribution in [3.8, 4) is 0 Å². The highest BCUT2D eigenvalue weighted by atomic mass is 16.5. The molecule has 0 aliphatic heterocycles. The van der Waals surface area contributed by atoms with Crippen LogP contribution in [0.4, 0.5) is 5.69 Å². The molecule has 0 aromatic heterocycles. The predicted molar refractivity (Wildman–Crippen MR) is 64.3 cm³/mol. The van der Waals surface area contributed by atoms with Crippen molar-refractivity contribution in [3.63, 3.8) is 0 Å². The number of ether oxygens (including phenoxy) is 1. The van der Waals surface area contributed by atoms with Crippen molar-refractivity contribution in [3.05, 3.63) is 29.8 Å². The summed E-state index contributed by atoms with van der Waals surface area (Å²) in [6, 6.07) is 7.83. The van der Waals surface area contributed by atoms with Gasteiger partial charge in [-0.25, -0.2) is 0 Å². The van der Waals surface area contributed by atoms with Crippen molar-refractivity contribution < 1.29 is 9.53 Å². The summed E-state index contributed by atoms with van der Waals surface area (Å²) in [6.45, 7) is 3.43. The molecule has 0 unspecified atom stereocenters. The maximum atomic E-state index is 11.2. The van der Waals surface area contributed by atoms with E-state index in [1.807, 2.05) is 31.2 Å². The number of methoxy groups -OCH3 is 1. The summed E-state index contributed by atoms with van der Waals surface area (Å²) in [7, 11) is 1.66. The molecule has 0 fully saturated rings. The smallest absolute Gasteiger partial charge is 0.239 e. The lowest BCUT2D eigenvalue weighted by molar-refractivity contribution is -0.119. The summed E-state index contributed by atoms with van der Waals surface area (Å²) in [6.07, 6.45) is 0. The van der Waals surface area contributed by atoms with Crippen LogP contribution in [0, 0.1) is 0 Å². The van der Waals surface area contributed by atoms with Gasteiger partial charge in [0, 0.05) is 19.3 Å².